The van der Waals surface area contributed by atoms with Crippen molar-refractivity contribution in [2.75, 3.05) is 13.2 Å². The van der Waals surface area contributed by atoms with Crippen molar-refractivity contribution in [1.82, 2.24) is 9.55 Å². The van der Waals surface area contributed by atoms with Crippen molar-refractivity contribution in [2.45, 2.75) is 44.6 Å². The van der Waals surface area contributed by atoms with Crippen LogP contribution in [0.2, 0.25) is 0 Å². The highest BCUT2D eigenvalue weighted by Crippen LogP contribution is 2.42. The van der Waals surface area contributed by atoms with E-state index in [1.165, 1.54) is 12.8 Å². The maximum absolute atomic E-state index is 10.7. The van der Waals surface area contributed by atoms with Gasteiger partial charge in [-0.2, -0.15) is 0 Å². The minimum Gasteiger partial charge on any atom is -0.486 e. The molecule has 122 valence electrons. The molecule has 1 fully saturated rings. The zero-order chi connectivity index (χ0) is 15.8. The number of fused-ring (bicyclic) bond motifs is 2. The second-order valence-corrected chi connectivity index (χ2v) is 6.23. The van der Waals surface area contributed by atoms with Crippen LogP contribution >= 0.6 is 0 Å². The molecule has 1 aromatic heterocycles. The van der Waals surface area contributed by atoms with Gasteiger partial charge >= 0.3 is 5.97 Å². The van der Waals surface area contributed by atoms with Gasteiger partial charge in [-0.15, -0.1) is 0 Å². The van der Waals surface area contributed by atoms with Crippen LogP contribution in [0.3, 0.4) is 0 Å². The Balaban J connectivity index is 1.65. The summed E-state index contributed by atoms with van der Waals surface area (Å²) in [5, 5.41) is 8.78. The molecule has 23 heavy (non-hydrogen) atoms. The molecule has 1 aliphatic carbocycles. The molecule has 0 saturated heterocycles. The van der Waals surface area contributed by atoms with E-state index in [0.717, 1.165) is 41.3 Å². The number of carboxylic acids is 1. The summed E-state index contributed by atoms with van der Waals surface area (Å²) in [5.41, 5.74) is 2.00. The van der Waals surface area contributed by atoms with Gasteiger partial charge in [-0.3, -0.25) is 4.79 Å². The Hall–Kier alpha value is -2.24. The van der Waals surface area contributed by atoms with Crippen LogP contribution in [-0.2, 0) is 11.3 Å². The van der Waals surface area contributed by atoms with E-state index < -0.39 is 5.97 Å². The highest BCUT2D eigenvalue weighted by atomic mass is 16.6. The molecule has 2 aromatic rings. The molecule has 0 atom stereocenters. The van der Waals surface area contributed by atoms with Gasteiger partial charge in [-0.05, 0) is 25.7 Å². The third-order valence-electron chi connectivity index (χ3n) is 4.41. The minimum absolute atomic E-state index is 0.220. The summed E-state index contributed by atoms with van der Waals surface area (Å²) in [6, 6.07) is 3.98. The summed E-state index contributed by atoms with van der Waals surface area (Å²) in [4.78, 5) is 15.5. The van der Waals surface area contributed by atoms with Crippen LogP contribution in [0.25, 0.3) is 11.0 Å². The van der Waals surface area contributed by atoms with Gasteiger partial charge in [0.1, 0.15) is 19.0 Å². The molecule has 4 rings (SSSR count). The fourth-order valence-corrected chi connectivity index (χ4v) is 3.11. The number of nitrogens with zero attached hydrogens (tertiary/aromatic N) is 2. The Bertz CT molecular complexity index is 749. The molecule has 0 amide bonds. The van der Waals surface area contributed by atoms with Gasteiger partial charge in [0, 0.05) is 31.0 Å². The number of carbonyl (C=O) groups is 1. The molecular weight excluding hydrogens is 296 g/mol. The molecule has 2 aliphatic rings. The highest BCUT2D eigenvalue weighted by Gasteiger charge is 2.30. The zero-order valence-corrected chi connectivity index (χ0v) is 13.0. The summed E-state index contributed by atoms with van der Waals surface area (Å²) in [6.07, 6.45) is 4.11. The van der Waals surface area contributed by atoms with Crippen LogP contribution in [0, 0.1) is 0 Å². The van der Waals surface area contributed by atoms with Crippen molar-refractivity contribution in [3.8, 4) is 11.5 Å². The number of hydrogen-bond acceptors (Lipinski definition) is 4. The first-order valence-corrected chi connectivity index (χ1v) is 8.24. The Labute approximate surface area is 134 Å². The van der Waals surface area contributed by atoms with Gasteiger partial charge in [0.05, 0.1) is 11.0 Å². The lowest BCUT2D eigenvalue weighted by Gasteiger charge is -2.18. The first-order chi connectivity index (χ1) is 11.2. The minimum atomic E-state index is -0.734. The van der Waals surface area contributed by atoms with Gasteiger partial charge in [0.25, 0.3) is 0 Å². The van der Waals surface area contributed by atoms with E-state index in [0.29, 0.717) is 25.6 Å². The Morgan fingerprint density at radius 1 is 1.22 bits per heavy atom. The smallest absolute Gasteiger partial charge is 0.303 e. The van der Waals surface area contributed by atoms with E-state index in [9.17, 15) is 4.79 Å². The van der Waals surface area contributed by atoms with Crippen LogP contribution in [0.15, 0.2) is 12.1 Å². The number of rotatable bonds is 6. The number of hydrogen-bond donors (Lipinski definition) is 1. The highest BCUT2D eigenvalue weighted by molar-refractivity contribution is 5.81. The lowest BCUT2D eigenvalue weighted by Crippen LogP contribution is -2.15. The van der Waals surface area contributed by atoms with Crippen molar-refractivity contribution in [2.24, 2.45) is 0 Å². The van der Waals surface area contributed by atoms with Gasteiger partial charge in [-0.1, -0.05) is 0 Å². The van der Waals surface area contributed by atoms with E-state index in [1.54, 1.807) is 0 Å². The molecule has 1 aromatic carbocycles. The number of imidazole rings is 1. The van der Waals surface area contributed by atoms with E-state index in [-0.39, 0.29) is 6.42 Å². The molecule has 0 radical (unpaired) electrons. The Morgan fingerprint density at radius 2 is 1.96 bits per heavy atom. The fraction of sp³-hybridized carbons (Fsp3) is 0.529. The van der Waals surface area contributed by atoms with E-state index in [1.807, 2.05) is 12.1 Å². The quantitative estimate of drug-likeness (QED) is 0.829. The average molecular weight is 316 g/mol. The van der Waals surface area contributed by atoms with E-state index in [2.05, 4.69) is 4.57 Å². The molecule has 1 saturated carbocycles. The lowest BCUT2D eigenvalue weighted by molar-refractivity contribution is -0.137. The fourth-order valence-electron chi connectivity index (χ4n) is 3.11. The number of aliphatic carboxylic acids is 1. The largest absolute Gasteiger partial charge is 0.486 e. The SMILES string of the molecule is O=C(O)CCCCn1c(C2CC2)nc2cc3c(cc21)OCCO3. The molecule has 6 nitrogen and oxygen atoms in total. The molecular formula is C17H20N2O4. The monoisotopic (exact) mass is 316 g/mol. The van der Waals surface area contributed by atoms with Gasteiger partial charge in [0.15, 0.2) is 11.5 Å². The second-order valence-electron chi connectivity index (χ2n) is 6.23. The molecule has 1 N–H and O–H groups in total. The van der Waals surface area contributed by atoms with Crippen molar-refractivity contribution in [1.29, 1.82) is 0 Å². The third-order valence-corrected chi connectivity index (χ3v) is 4.41. The lowest BCUT2D eigenvalue weighted by atomic mass is 10.2. The Kier molecular flexibility index (Phi) is 3.59. The summed E-state index contributed by atoms with van der Waals surface area (Å²) < 4.78 is 13.6. The maximum atomic E-state index is 10.7. The molecule has 0 bridgehead atoms. The van der Waals surface area contributed by atoms with Crippen molar-refractivity contribution < 1.29 is 19.4 Å². The third kappa shape index (κ3) is 2.85. The number of aryl methyl sites for hydroxylation is 1. The van der Waals surface area contributed by atoms with Gasteiger partial charge in [0.2, 0.25) is 0 Å². The van der Waals surface area contributed by atoms with Crippen LogP contribution in [0.1, 0.15) is 43.8 Å². The van der Waals surface area contributed by atoms with Crippen molar-refractivity contribution in [3.63, 3.8) is 0 Å². The first-order valence-electron chi connectivity index (χ1n) is 8.24. The average Bonchev–Trinajstić information content (AvgIpc) is 3.32. The zero-order valence-electron chi connectivity index (χ0n) is 13.0. The van der Waals surface area contributed by atoms with Crippen molar-refractivity contribution in [3.05, 3.63) is 18.0 Å². The molecule has 6 heteroatoms. The van der Waals surface area contributed by atoms with Crippen LogP contribution in [0.4, 0.5) is 0 Å². The van der Waals surface area contributed by atoms with Gasteiger partial charge < -0.3 is 19.1 Å². The predicted molar refractivity (Wildman–Crippen MR) is 84.2 cm³/mol. The van der Waals surface area contributed by atoms with Crippen LogP contribution in [0.5, 0.6) is 11.5 Å². The first kappa shape index (κ1) is 14.4. The molecule has 0 unspecified atom stereocenters. The number of unbranched alkanes of at least 4 members (excludes halogenated alkanes) is 1. The number of benzene rings is 1. The molecule has 0 spiro atoms. The van der Waals surface area contributed by atoms with Crippen molar-refractivity contribution >= 4 is 17.0 Å². The van der Waals surface area contributed by atoms with E-state index >= 15 is 0 Å². The van der Waals surface area contributed by atoms with E-state index in [4.69, 9.17) is 19.6 Å². The molecule has 2 heterocycles. The summed E-state index contributed by atoms with van der Waals surface area (Å²) in [7, 11) is 0. The summed E-state index contributed by atoms with van der Waals surface area (Å²) in [5.74, 6) is 2.47. The van der Waals surface area contributed by atoms with Gasteiger partial charge in [-0.25, -0.2) is 4.98 Å². The van der Waals surface area contributed by atoms with Crippen LogP contribution < -0.4 is 9.47 Å². The number of aromatic nitrogens is 2. The van der Waals surface area contributed by atoms with Crippen LogP contribution in [-0.4, -0.2) is 33.8 Å². The predicted octanol–water partition coefficient (Wildman–Crippen LogP) is 2.94. The summed E-state index contributed by atoms with van der Waals surface area (Å²) >= 11 is 0. The molecule has 1 aliphatic heterocycles. The topological polar surface area (TPSA) is 73.6 Å². The number of carboxylic acid groups (broad SMARTS) is 1. The number of ether oxygens (including phenoxy) is 2. The normalized spacial score (nSPS) is 16.7. The maximum Gasteiger partial charge on any atom is 0.303 e. The second kappa shape index (κ2) is 5.76. The summed E-state index contributed by atoms with van der Waals surface area (Å²) in [6.45, 7) is 1.94. The Morgan fingerprint density at radius 3 is 2.65 bits per heavy atom. The standard InChI is InChI=1S/C17H20N2O4/c20-16(21)3-1-2-6-19-13-10-15-14(22-7-8-23-15)9-12(13)18-17(19)11-4-5-11/h9-11H,1-8H2,(H,20,21).